The minimum Gasteiger partial charge on any atom is -0.366 e. The summed E-state index contributed by atoms with van der Waals surface area (Å²) in [5, 5.41) is 0. The number of amides is 1. The Balaban J connectivity index is 2.91. The highest BCUT2D eigenvalue weighted by molar-refractivity contribution is 5.92. The predicted octanol–water partition coefficient (Wildman–Crippen LogP) is 1.05. The van der Waals surface area contributed by atoms with Crippen LogP contribution in [0.25, 0.3) is 0 Å². The van der Waals surface area contributed by atoms with Crippen molar-refractivity contribution in [3.63, 3.8) is 0 Å². The van der Waals surface area contributed by atoms with E-state index in [0.717, 1.165) is 0 Å². The van der Waals surface area contributed by atoms with E-state index in [1.807, 2.05) is 0 Å². The molecule has 0 aliphatic carbocycles. The van der Waals surface area contributed by atoms with Gasteiger partial charge in [0.2, 0.25) is 5.91 Å². The van der Waals surface area contributed by atoms with Crippen molar-refractivity contribution in [2.75, 3.05) is 0 Å². The SMILES string of the molecule is NC(=O)c1ccc(OF)cc1. The molecule has 11 heavy (non-hydrogen) atoms. The molecule has 1 amide bonds. The van der Waals surface area contributed by atoms with Crippen molar-refractivity contribution in [1.82, 2.24) is 0 Å². The van der Waals surface area contributed by atoms with E-state index in [0.29, 0.717) is 5.56 Å². The third kappa shape index (κ3) is 1.67. The molecule has 0 bridgehead atoms. The van der Waals surface area contributed by atoms with Crippen LogP contribution in [0.15, 0.2) is 24.3 Å². The fourth-order valence-electron chi connectivity index (χ4n) is 0.671. The summed E-state index contributed by atoms with van der Waals surface area (Å²) in [4.78, 5) is 13.9. The van der Waals surface area contributed by atoms with E-state index in [-0.39, 0.29) is 5.75 Å². The number of hydrogen-bond donors (Lipinski definition) is 1. The lowest BCUT2D eigenvalue weighted by Gasteiger charge is -1.94. The monoisotopic (exact) mass is 155 g/mol. The van der Waals surface area contributed by atoms with Crippen LogP contribution in [0, 0.1) is 0 Å². The molecule has 0 heterocycles. The highest BCUT2D eigenvalue weighted by Gasteiger charge is 1.99. The van der Waals surface area contributed by atoms with E-state index in [9.17, 15) is 9.32 Å². The topological polar surface area (TPSA) is 52.3 Å². The van der Waals surface area contributed by atoms with E-state index in [2.05, 4.69) is 4.94 Å². The molecule has 0 fully saturated rings. The van der Waals surface area contributed by atoms with Gasteiger partial charge in [-0.3, -0.25) is 9.74 Å². The van der Waals surface area contributed by atoms with Crippen molar-refractivity contribution >= 4 is 5.91 Å². The Hall–Kier alpha value is -1.58. The zero-order valence-corrected chi connectivity index (χ0v) is 5.58. The molecule has 3 nitrogen and oxygen atoms in total. The fourth-order valence-corrected chi connectivity index (χ4v) is 0.671. The highest BCUT2D eigenvalue weighted by atomic mass is 19.3. The minimum atomic E-state index is -0.546. The number of halogens is 1. The maximum Gasteiger partial charge on any atom is 0.248 e. The summed E-state index contributed by atoms with van der Waals surface area (Å²) in [6, 6.07) is 5.41. The number of carbonyl (C=O) groups excluding carboxylic acids is 1. The number of rotatable bonds is 2. The lowest BCUT2D eigenvalue weighted by molar-refractivity contribution is -0.00621. The first-order chi connectivity index (χ1) is 5.24. The predicted molar refractivity (Wildman–Crippen MR) is 36.7 cm³/mol. The third-order valence-corrected chi connectivity index (χ3v) is 1.23. The van der Waals surface area contributed by atoms with Gasteiger partial charge < -0.3 is 5.73 Å². The van der Waals surface area contributed by atoms with Crippen LogP contribution >= 0.6 is 0 Å². The first kappa shape index (κ1) is 7.53. The minimum absolute atomic E-state index is 0.0509. The van der Waals surface area contributed by atoms with E-state index < -0.39 is 5.91 Å². The largest absolute Gasteiger partial charge is 0.366 e. The van der Waals surface area contributed by atoms with Crippen molar-refractivity contribution in [2.24, 2.45) is 5.73 Å². The zero-order valence-electron chi connectivity index (χ0n) is 5.58. The first-order valence-electron chi connectivity index (χ1n) is 2.92. The quantitative estimate of drug-likeness (QED) is 0.693. The molecule has 0 saturated heterocycles. The van der Waals surface area contributed by atoms with Crippen LogP contribution in [0.3, 0.4) is 0 Å². The van der Waals surface area contributed by atoms with Crippen LogP contribution in [-0.2, 0) is 0 Å². The number of nitrogens with two attached hydrogens (primary N) is 1. The van der Waals surface area contributed by atoms with Crippen molar-refractivity contribution in [3.05, 3.63) is 29.8 Å². The van der Waals surface area contributed by atoms with Crippen molar-refractivity contribution in [3.8, 4) is 5.75 Å². The summed E-state index contributed by atoms with van der Waals surface area (Å²) in [6.45, 7) is 0. The summed E-state index contributed by atoms with van der Waals surface area (Å²) in [5.74, 6) is -0.495. The standard InChI is InChI=1S/C7H6FNO2/c8-11-6-3-1-5(2-4-6)7(9)10/h1-4H,(H2,9,10). The third-order valence-electron chi connectivity index (χ3n) is 1.23. The van der Waals surface area contributed by atoms with Gasteiger partial charge in [0.25, 0.3) is 0 Å². The number of hydrogen-bond acceptors (Lipinski definition) is 2. The van der Waals surface area contributed by atoms with E-state index >= 15 is 0 Å². The average Bonchev–Trinajstić information content (AvgIpc) is 2.05. The van der Waals surface area contributed by atoms with Gasteiger partial charge in [-0.2, -0.15) is 0 Å². The smallest absolute Gasteiger partial charge is 0.248 e. The van der Waals surface area contributed by atoms with Gasteiger partial charge in [-0.1, -0.05) is 0 Å². The van der Waals surface area contributed by atoms with Crippen LogP contribution in [0.5, 0.6) is 5.75 Å². The second-order valence-electron chi connectivity index (χ2n) is 1.97. The molecule has 0 aliphatic heterocycles. The van der Waals surface area contributed by atoms with Gasteiger partial charge in [-0.05, 0) is 24.3 Å². The molecular weight excluding hydrogens is 149 g/mol. The maximum atomic E-state index is 11.4. The molecule has 58 valence electrons. The molecule has 0 unspecified atom stereocenters. The number of benzene rings is 1. The van der Waals surface area contributed by atoms with Gasteiger partial charge in [0.1, 0.15) is 0 Å². The van der Waals surface area contributed by atoms with Crippen LogP contribution in [0.2, 0.25) is 0 Å². The molecule has 0 atom stereocenters. The van der Waals surface area contributed by atoms with Crippen molar-refractivity contribution < 1.29 is 14.3 Å². The van der Waals surface area contributed by atoms with Gasteiger partial charge >= 0.3 is 0 Å². The Labute approximate surface area is 62.5 Å². The van der Waals surface area contributed by atoms with Gasteiger partial charge in [0.15, 0.2) is 5.75 Å². The first-order valence-corrected chi connectivity index (χ1v) is 2.92. The Morgan fingerprint density at radius 1 is 1.36 bits per heavy atom. The molecule has 0 aromatic heterocycles. The van der Waals surface area contributed by atoms with E-state index in [4.69, 9.17) is 5.73 Å². The molecule has 0 aliphatic rings. The molecule has 1 aromatic carbocycles. The van der Waals surface area contributed by atoms with Crippen molar-refractivity contribution in [2.45, 2.75) is 0 Å². The molecule has 0 saturated carbocycles. The Morgan fingerprint density at radius 2 is 1.91 bits per heavy atom. The van der Waals surface area contributed by atoms with Gasteiger partial charge in [-0.15, -0.1) is 0 Å². The molecule has 1 rings (SSSR count). The van der Waals surface area contributed by atoms with Crippen LogP contribution in [0.1, 0.15) is 10.4 Å². The van der Waals surface area contributed by atoms with Crippen LogP contribution < -0.4 is 10.7 Å². The summed E-state index contributed by atoms with van der Waals surface area (Å²) in [6.07, 6.45) is 0. The summed E-state index contributed by atoms with van der Waals surface area (Å²) < 4.78 is 11.4. The highest BCUT2D eigenvalue weighted by Crippen LogP contribution is 2.11. The molecule has 0 radical (unpaired) electrons. The number of primary amides is 1. The lowest BCUT2D eigenvalue weighted by Crippen LogP contribution is -2.10. The van der Waals surface area contributed by atoms with E-state index in [1.165, 1.54) is 24.3 Å². The Bertz CT molecular complexity index is 258. The maximum absolute atomic E-state index is 11.4. The summed E-state index contributed by atoms with van der Waals surface area (Å²) in [5.41, 5.74) is 5.26. The van der Waals surface area contributed by atoms with Gasteiger partial charge in [0, 0.05) is 10.1 Å². The Kier molecular flexibility index (Phi) is 2.06. The summed E-state index contributed by atoms with van der Waals surface area (Å²) in [7, 11) is 0. The average molecular weight is 155 g/mol. The normalized spacial score (nSPS) is 9.18. The number of carbonyl (C=O) groups is 1. The molecule has 2 N–H and O–H groups in total. The van der Waals surface area contributed by atoms with Gasteiger partial charge in [0.05, 0.1) is 0 Å². The van der Waals surface area contributed by atoms with E-state index in [1.54, 1.807) is 0 Å². The fraction of sp³-hybridized carbons (Fsp3) is 0. The lowest BCUT2D eigenvalue weighted by atomic mass is 10.2. The second-order valence-corrected chi connectivity index (χ2v) is 1.97. The molecular formula is C7H6FNO2. The molecule has 4 heteroatoms. The zero-order chi connectivity index (χ0) is 8.27. The summed E-state index contributed by atoms with van der Waals surface area (Å²) >= 11 is 0. The van der Waals surface area contributed by atoms with Crippen LogP contribution in [0.4, 0.5) is 4.53 Å². The second kappa shape index (κ2) is 3.01. The molecule has 1 aromatic rings. The molecule has 0 spiro atoms. The Morgan fingerprint density at radius 3 is 2.27 bits per heavy atom. The van der Waals surface area contributed by atoms with Crippen molar-refractivity contribution in [1.29, 1.82) is 0 Å². The van der Waals surface area contributed by atoms with Gasteiger partial charge in [-0.25, -0.2) is 0 Å². The van der Waals surface area contributed by atoms with Crippen LogP contribution in [-0.4, -0.2) is 5.91 Å².